The Morgan fingerprint density at radius 3 is 2.42 bits per heavy atom. The molecule has 2 rings (SSSR count). The lowest BCUT2D eigenvalue weighted by Gasteiger charge is -2.13. The van der Waals surface area contributed by atoms with Crippen molar-refractivity contribution in [1.29, 1.82) is 0 Å². The maximum absolute atomic E-state index is 5.91. The van der Waals surface area contributed by atoms with Gasteiger partial charge >= 0.3 is 0 Å². The molecule has 0 fully saturated rings. The second kappa shape index (κ2) is 11.4. The second-order valence-electron chi connectivity index (χ2n) is 5.75. The second-order valence-corrected chi connectivity index (χ2v) is 6.18. The van der Waals surface area contributed by atoms with Crippen LogP contribution >= 0.6 is 11.6 Å². The molecule has 5 nitrogen and oxygen atoms in total. The molecule has 0 unspecified atom stereocenters. The minimum atomic E-state index is 0.648. The van der Waals surface area contributed by atoms with Gasteiger partial charge in [0.25, 0.3) is 0 Å². The molecule has 0 saturated carbocycles. The van der Waals surface area contributed by atoms with E-state index >= 15 is 0 Å². The Hall–Kier alpha value is -2.24. The zero-order valence-corrected chi connectivity index (χ0v) is 16.1. The van der Waals surface area contributed by atoms with Crippen LogP contribution in [0.4, 0.5) is 0 Å². The number of nitrogens with one attached hydrogen (secondary N) is 2. The van der Waals surface area contributed by atoms with E-state index in [1.54, 1.807) is 14.2 Å². The molecule has 0 spiro atoms. The van der Waals surface area contributed by atoms with E-state index in [1.165, 1.54) is 0 Å². The van der Waals surface area contributed by atoms with Crippen LogP contribution in [0.25, 0.3) is 0 Å². The predicted octanol–water partition coefficient (Wildman–Crippen LogP) is 3.62. The van der Waals surface area contributed by atoms with E-state index < -0.39 is 0 Å². The Labute approximate surface area is 160 Å². The van der Waals surface area contributed by atoms with Gasteiger partial charge < -0.3 is 20.1 Å². The lowest BCUT2D eigenvalue weighted by Crippen LogP contribution is -2.36. The molecule has 0 bridgehead atoms. The van der Waals surface area contributed by atoms with Crippen LogP contribution in [-0.4, -0.2) is 33.3 Å². The van der Waals surface area contributed by atoms with E-state index in [9.17, 15) is 0 Å². The van der Waals surface area contributed by atoms with Crippen LogP contribution in [0.1, 0.15) is 17.5 Å². The summed E-state index contributed by atoms with van der Waals surface area (Å²) in [6.45, 7) is 2.70. The molecule has 0 atom stereocenters. The van der Waals surface area contributed by atoms with Gasteiger partial charge in [0, 0.05) is 45.3 Å². The van der Waals surface area contributed by atoms with E-state index in [0.717, 1.165) is 34.3 Å². The van der Waals surface area contributed by atoms with Crippen molar-refractivity contribution in [2.45, 2.75) is 19.5 Å². The lowest BCUT2D eigenvalue weighted by atomic mass is 10.2. The standard InChI is InChI=1S/C20H26ClN3O2/c1-22-20(23-14-16-7-9-18(21)10-8-16)24-15-17-5-3-6-19(13-17)26-12-4-11-25-2/h3,5-10,13H,4,11-12,14-15H2,1-2H3,(H2,22,23,24). The zero-order chi connectivity index (χ0) is 18.6. The van der Waals surface area contributed by atoms with Crippen LogP contribution in [0.5, 0.6) is 5.75 Å². The maximum Gasteiger partial charge on any atom is 0.191 e. The number of ether oxygens (including phenoxy) is 2. The van der Waals surface area contributed by atoms with Crippen LogP contribution in [0.15, 0.2) is 53.5 Å². The van der Waals surface area contributed by atoms with E-state index in [0.29, 0.717) is 26.3 Å². The van der Waals surface area contributed by atoms with Gasteiger partial charge in [-0.05, 0) is 35.4 Å². The normalized spacial score (nSPS) is 11.3. The highest BCUT2D eigenvalue weighted by Gasteiger charge is 2.01. The number of nitrogens with zero attached hydrogens (tertiary/aromatic N) is 1. The van der Waals surface area contributed by atoms with Crippen LogP contribution in [0, 0.1) is 0 Å². The fourth-order valence-corrected chi connectivity index (χ4v) is 2.46. The average molecular weight is 376 g/mol. The third-order valence-corrected chi connectivity index (χ3v) is 3.97. The van der Waals surface area contributed by atoms with E-state index in [-0.39, 0.29) is 0 Å². The highest BCUT2D eigenvalue weighted by molar-refractivity contribution is 6.30. The Morgan fingerprint density at radius 1 is 1.00 bits per heavy atom. The summed E-state index contributed by atoms with van der Waals surface area (Å²) in [6.07, 6.45) is 0.875. The van der Waals surface area contributed by atoms with Crippen molar-refractivity contribution < 1.29 is 9.47 Å². The number of halogens is 1. The first-order chi connectivity index (χ1) is 12.7. The van der Waals surface area contributed by atoms with Crippen molar-refractivity contribution in [3.05, 3.63) is 64.7 Å². The fourth-order valence-electron chi connectivity index (χ4n) is 2.33. The SMILES string of the molecule is CN=C(NCc1ccc(Cl)cc1)NCc1cccc(OCCCOC)c1. The summed E-state index contributed by atoms with van der Waals surface area (Å²) in [6, 6.07) is 15.8. The first kappa shape index (κ1) is 20.1. The summed E-state index contributed by atoms with van der Waals surface area (Å²) in [5.41, 5.74) is 2.27. The summed E-state index contributed by atoms with van der Waals surface area (Å²) in [7, 11) is 3.45. The molecule has 6 heteroatoms. The Morgan fingerprint density at radius 2 is 1.73 bits per heavy atom. The number of hydrogen-bond acceptors (Lipinski definition) is 3. The van der Waals surface area contributed by atoms with E-state index in [1.807, 2.05) is 42.5 Å². The summed E-state index contributed by atoms with van der Waals surface area (Å²) in [5, 5.41) is 7.33. The first-order valence-electron chi connectivity index (χ1n) is 8.61. The van der Waals surface area contributed by atoms with Gasteiger partial charge in [-0.3, -0.25) is 4.99 Å². The number of hydrogen-bond donors (Lipinski definition) is 2. The topological polar surface area (TPSA) is 54.9 Å². The third-order valence-electron chi connectivity index (χ3n) is 3.72. The van der Waals surface area contributed by atoms with Crippen LogP contribution in [0.2, 0.25) is 5.02 Å². The number of benzene rings is 2. The van der Waals surface area contributed by atoms with Gasteiger partial charge in [0.15, 0.2) is 5.96 Å². The summed E-state index contributed by atoms with van der Waals surface area (Å²) < 4.78 is 10.8. The van der Waals surface area contributed by atoms with E-state index in [2.05, 4.69) is 21.7 Å². The minimum absolute atomic E-state index is 0.648. The Balaban J connectivity index is 1.79. The molecule has 0 radical (unpaired) electrons. The third kappa shape index (κ3) is 7.33. The van der Waals surface area contributed by atoms with Crippen molar-refractivity contribution in [1.82, 2.24) is 10.6 Å². The number of guanidine groups is 1. The number of rotatable bonds is 9. The van der Waals surface area contributed by atoms with Crippen LogP contribution in [0.3, 0.4) is 0 Å². The van der Waals surface area contributed by atoms with Gasteiger partial charge in [-0.25, -0.2) is 0 Å². The first-order valence-corrected chi connectivity index (χ1v) is 8.98. The smallest absolute Gasteiger partial charge is 0.191 e. The number of methoxy groups -OCH3 is 1. The molecule has 0 saturated heterocycles. The Bertz CT molecular complexity index is 690. The maximum atomic E-state index is 5.91. The largest absolute Gasteiger partial charge is 0.493 e. The molecule has 2 aromatic carbocycles. The molecule has 2 aromatic rings. The molecule has 140 valence electrons. The molecule has 2 N–H and O–H groups in total. The van der Waals surface area contributed by atoms with E-state index in [4.69, 9.17) is 21.1 Å². The van der Waals surface area contributed by atoms with Gasteiger partial charge in [0.05, 0.1) is 6.61 Å². The van der Waals surface area contributed by atoms with Gasteiger partial charge in [0.2, 0.25) is 0 Å². The number of aliphatic imine (C=N–C) groups is 1. The van der Waals surface area contributed by atoms with Crippen molar-refractivity contribution in [3.63, 3.8) is 0 Å². The summed E-state index contributed by atoms with van der Waals surface area (Å²) in [4.78, 5) is 4.25. The molecule has 0 aliphatic rings. The highest BCUT2D eigenvalue weighted by Crippen LogP contribution is 2.13. The van der Waals surface area contributed by atoms with Crippen molar-refractivity contribution in [3.8, 4) is 5.75 Å². The molecule has 0 aliphatic carbocycles. The molecule has 0 aliphatic heterocycles. The van der Waals surface area contributed by atoms with Crippen LogP contribution < -0.4 is 15.4 Å². The summed E-state index contributed by atoms with van der Waals surface area (Å²) >= 11 is 5.91. The minimum Gasteiger partial charge on any atom is -0.493 e. The molecule has 26 heavy (non-hydrogen) atoms. The van der Waals surface area contributed by atoms with Gasteiger partial charge in [0.1, 0.15) is 5.75 Å². The molecule has 0 heterocycles. The van der Waals surface area contributed by atoms with Crippen LogP contribution in [-0.2, 0) is 17.8 Å². The van der Waals surface area contributed by atoms with Gasteiger partial charge in [-0.2, -0.15) is 0 Å². The molecular weight excluding hydrogens is 350 g/mol. The monoisotopic (exact) mass is 375 g/mol. The predicted molar refractivity (Wildman–Crippen MR) is 107 cm³/mol. The molecular formula is C20H26ClN3O2. The quantitative estimate of drug-likeness (QED) is 0.399. The van der Waals surface area contributed by atoms with Crippen molar-refractivity contribution in [2.75, 3.05) is 27.4 Å². The average Bonchev–Trinajstić information content (AvgIpc) is 2.67. The van der Waals surface area contributed by atoms with Crippen molar-refractivity contribution in [2.24, 2.45) is 4.99 Å². The van der Waals surface area contributed by atoms with Crippen molar-refractivity contribution >= 4 is 17.6 Å². The zero-order valence-electron chi connectivity index (χ0n) is 15.3. The lowest BCUT2D eigenvalue weighted by molar-refractivity contribution is 0.172. The molecule has 0 amide bonds. The van der Waals surface area contributed by atoms with Gasteiger partial charge in [-0.1, -0.05) is 35.9 Å². The highest BCUT2D eigenvalue weighted by atomic mass is 35.5. The fraction of sp³-hybridized carbons (Fsp3) is 0.350. The summed E-state index contributed by atoms with van der Waals surface area (Å²) in [5.74, 6) is 1.61. The Kier molecular flexibility index (Phi) is 8.79. The molecule has 0 aromatic heterocycles. The van der Waals surface area contributed by atoms with Gasteiger partial charge in [-0.15, -0.1) is 0 Å².